The number of aliphatic hydroxyl groups excluding tert-OH is 1. The van der Waals surface area contributed by atoms with Crippen LogP contribution in [-0.2, 0) is 23.7 Å². The highest BCUT2D eigenvalue weighted by Gasteiger charge is 2.27. The van der Waals surface area contributed by atoms with E-state index in [0.29, 0.717) is 39.5 Å². The van der Waals surface area contributed by atoms with Gasteiger partial charge in [0.1, 0.15) is 6.61 Å². The van der Waals surface area contributed by atoms with E-state index in [9.17, 15) is 9.90 Å². The maximum absolute atomic E-state index is 11.7. The van der Waals surface area contributed by atoms with Crippen molar-refractivity contribution < 1.29 is 28.8 Å². The van der Waals surface area contributed by atoms with Crippen molar-refractivity contribution in [2.75, 3.05) is 46.8 Å². The molecular weight excluding hydrogens is 264 g/mol. The fraction of sp³-hybridized carbons (Fsp3) is 0.929. The van der Waals surface area contributed by atoms with Crippen LogP contribution in [0.5, 0.6) is 0 Å². The zero-order valence-electron chi connectivity index (χ0n) is 12.2. The Morgan fingerprint density at radius 3 is 2.35 bits per heavy atom. The van der Waals surface area contributed by atoms with E-state index in [1.165, 1.54) is 0 Å². The van der Waals surface area contributed by atoms with E-state index in [1.54, 1.807) is 7.11 Å². The normalized spacial score (nSPS) is 22.7. The number of hydrogen-bond acceptors (Lipinski definition) is 6. The average Bonchev–Trinajstić information content (AvgIpc) is 2.45. The molecule has 0 bridgehead atoms. The number of methoxy groups -OCH3 is 1. The van der Waals surface area contributed by atoms with Gasteiger partial charge in [-0.3, -0.25) is 4.79 Å². The van der Waals surface area contributed by atoms with Crippen molar-refractivity contribution >= 4 is 5.97 Å². The van der Waals surface area contributed by atoms with Gasteiger partial charge in [-0.1, -0.05) is 6.42 Å². The molecule has 0 amide bonds. The van der Waals surface area contributed by atoms with Crippen molar-refractivity contribution in [3.63, 3.8) is 0 Å². The Labute approximate surface area is 120 Å². The van der Waals surface area contributed by atoms with E-state index in [0.717, 1.165) is 19.3 Å². The molecule has 0 aromatic rings. The number of carbonyl (C=O) groups excluding carboxylic acids is 1. The van der Waals surface area contributed by atoms with Gasteiger partial charge in [0.25, 0.3) is 0 Å². The third-order valence-electron chi connectivity index (χ3n) is 3.26. The zero-order valence-corrected chi connectivity index (χ0v) is 12.2. The Balaban J connectivity index is 1.91. The van der Waals surface area contributed by atoms with Gasteiger partial charge in [0.05, 0.1) is 45.1 Å². The highest BCUT2D eigenvalue weighted by molar-refractivity contribution is 5.72. The first-order chi connectivity index (χ1) is 9.74. The second-order valence-corrected chi connectivity index (χ2v) is 4.90. The quantitative estimate of drug-likeness (QED) is 0.473. The molecule has 118 valence electrons. The predicted molar refractivity (Wildman–Crippen MR) is 72.4 cm³/mol. The Kier molecular flexibility index (Phi) is 9.57. The minimum atomic E-state index is -0.359. The van der Waals surface area contributed by atoms with Crippen molar-refractivity contribution in [3.05, 3.63) is 0 Å². The van der Waals surface area contributed by atoms with Crippen LogP contribution in [0.3, 0.4) is 0 Å². The molecule has 1 fully saturated rings. The molecule has 1 aliphatic rings. The fourth-order valence-electron chi connectivity index (χ4n) is 2.16. The number of esters is 1. The van der Waals surface area contributed by atoms with Gasteiger partial charge in [0.15, 0.2) is 0 Å². The third-order valence-corrected chi connectivity index (χ3v) is 3.26. The predicted octanol–water partition coefficient (Wildman–Crippen LogP) is 0.760. The van der Waals surface area contributed by atoms with Gasteiger partial charge in [0, 0.05) is 7.11 Å². The Morgan fingerprint density at radius 2 is 1.70 bits per heavy atom. The van der Waals surface area contributed by atoms with Gasteiger partial charge < -0.3 is 24.1 Å². The van der Waals surface area contributed by atoms with Gasteiger partial charge in [-0.25, -0.2) is 0 Å². The summed E-state index contributed by atoms with van der Waals surface area (Å²) in [5.41, 5.74) is 0. The molecule has 1 unspecified atom stereocenters. The molecule has 0 radical (unpaired) electrons. The van der Waals surface area contributed by atoms with Crippen molar-refractivity contribution in [1.82, 2.24) is 0 Å². The van der Waals surface area contributed by atoms with Crippen molar-refractivity contribution in [2.45, 2.75) is 31.8 Å². The zero-order chi connectivity index (χ0) is 14.6. The molecule has 0 heterocycles. The highest BCUT2D eigenvalue weighted by Crippen LogP contribution is 2.25. The number of aliphatic hydroxyl groups is 1. The number of carbonyl (C=O) groups is 1. The van der Waals surface area contributed by atoms with Crippen LogP contribution >= 0.6 is 0 Å². The molecule has 1 N–H and O–H groups in total. The van der Waals surface area contributed by atoms with E-state index in [2.05, 4.69) is 0 Å². The van der Waals surface area contributed by atoms with E-state index in [4.69, 9.17) is 18.9 Å². The number of rotatable bonds is 10. The van der Waals surface area contributed by atoms with Gasteiger partial charge >= 0.3 is 5.97 Å². The van der Waals surface area contributed by atoms with Gasteiger partial charge in [-0.2, -0.15) is 0 Å². The maximum atomic E-state index is 11.7. The summed E-state index contributed by atoms with van der Waals surface area (Å²) in [5, 5.41) is 9.50. The molecule has 20 heavy (non-hydrogen) atoms. The first kappa shape index (κ1) is 17.4. The van der Waals surface area contributed by atoms with Crippen LogP contribution in [0.4, 0.5) is 0 Å². The third kappa shape index (κ3) is 7.79. The van der Waals surface area contributed by atoms with Crippen molar-refractivity contribution in [2.24, 2.45) is 5.92 Å². The lowest BCUT2D eigenvalue weighted by molar-refractivity contribution is -0.152. The lowest BCUT2D eigenvalue weighted by atomic mass is 9.87. The van der Waals surface area contributed by atoms with Crippen LogP contribution in [0.2, 0.25) is 0 Å². The number of ether oxygens (including phenoxy) is 4. The first-order valence-electron chi connectivity index (χ1n) is 7.23. The van der Waals surface area contributed by atoms with Crippen LogP contribution in [-0.4, -0.2) is 63.9 Å². The van der Waals surface area contributed by atoms with Crippen LogP contribution in [0, 0.1) is 5.92 Å². The minimum Gasteiger partial charge on any atom is -0.463 e. The van der Waals surface area contributed by atoms with Gasteiger partial charge in [-0.05, 0) is 19.3 Å². The van der Waals surface area contributed by atoms with E-state index < -0.39 is 0 Å². The van der Waals surface area contributed by atoms with Gasteiger partial charge in [-0.15, -0.1) is 0 Å². The first-order valence-corrected chi connectivity index (χ1v) is 7.23. The molecule has 1 rings (SSSR count). The molecule has 0 aliphatic heterocycles. The fourth-order valence-corrected chi connectivity index (χ4v) is 2.16. The topological polar surface area (TPSA) is 74.2 Å². The molecule has 1 aliphatic carbocycles. The van der Waals surface area contributed by atoms with Crippen LogP contribution in [0.25, 0.3) is 0 Å². The summed E-state index contributed by atoms with van der Waals surface area (Å²) in [4.78, 5) is 11.7. The summed E-state index contributed by atoms with van der Waals surface area (Å²) >= 11 is 0. The highest BCUT2D eigenvalue weighted by atomic mass is 16.6. The monoisotopic (exact) mass is 290 g/mol. The summed E-state index contributed by atoms with van der Waals surface area (Å²) in [7, 11) is 1.62. The van der Waals surface area contributed by atoms with E-state index in [-0.39, 0.29) is 24.6 Å². The van der Waals surface area contributed by atoms with E-state index in [1.807, 2.05) is 0 Å². The second-order valence-electron chi connectivity index (χ2n) is 4.90. The minimum absolute atomic E-state index is 0.156. The lowest BCUT2D eigenvalue weighted by Crippen LogP contribution is -2.28. The maximum Gasteiger partial charge on any atom is 0.309 e. The van der Waals surface area contributed by atoms with Crippen LogP contribution in [0.15, 0.2) is 0 Å². The molecule has 1 saturated carbocycles. The van der Waals surface area contributed by atoms with Gasteiger partial charge in [0.2, 0.25) is 0 Å². The standard InChI is InChI=1S/C14H26O6/c1-17-5-6-18-7-8-19-9-10-20-14(16)12-3-2-4-13(15)11-12/h12-13,15H,2-11H2,1H3/t12?,13-/m1/s1. The summed E-state index contributed by atoms with van der Waals surface area (Å²) in [6.07, 6.45) is 2.64. The molecule has 0 saturated heterocycles. The Morgan fingerprint density at radius 1 is 1.05 bits per heavy atom. The Bertz CT molecular complexity index is 258. The summed E-state index contributed by atoms with van der Waals surface area (Å²) in [6.45, 7) is 2.73. The van der Waals surface area contributed by atoms with Crippen LogP contribution in [0.1, 0.15) is 25.7 Å². The molecule has 0 spiro atoms. The second kappa shape index (κ2) is 11.0. The SMILES string of the molecule is COCCOCCOCCOC(=O)C1CCC[C@@H](O)C1. The summed E-state index contributed by atoms with van der Waals surface area (Å²) in [6, 6.07) is 0. The largest absolute Gasteiger partial charge is 0.463 e. The van der Waals surface area contributed by atoms with E-state index >= 15 is 0 Å². The molecule has 6 nitrogen and oxygen atoms in total. The number of hydrogen-bond donors (Lipinski definition) is 1. The lowest BCUT2D eigenvalue weighted by Gasteiger charge is -2.24. The molecular formula is C14H26O6. The van der Waals surface area contributed by atoms with Crippen molar-refractivity contribution in [3.8, 4) is 0 Å². The molecule has 0 aromatic carbocycles. The smallest absolute Gasteiger partial charge is 0.309 e. The Hall–Kier alpha value is -0.690. The van der Waals surface area contributed by atoms with Crippen LogP contribution < -0.4 is 0 Å². The van der Waals surface area contributed by atoms with Crippen molar-refractivity contribution in [1.29, 1.82) is 0 Å². The molecule has 2 atom stereocenters. The molecule has 0 aromatic heterocycles. The average molecular weight is 290 g/mol. The molecule has 6 heteroatoms. The summed E-state index contributed by atoms with van der Waals surface area (Å²) < 4.78 is 20.5. The summed E-state index contributed by atoms with van der Waals surface area (Å²) in [5.74, 6) is -0.375.